The van der Waals surface area contributed by atoms with E-state index in [2.05, 4.69) is 48.5 Å². The molecule has 90 valence electrons. The van der Waals surface area contributed by atoms with Crippen LogP contribution in [0.5, 0.6) is 0 Å². The van der Waals surface area contributed by atoms with Gasteiger partial charge >= 0.3 is 0 Å². The van der Waals surface area contributed by atoms with E-state index < -0.39 is 0 Å². The smallest absolute Gasteiger partial charge is 0.0952 e. The van der Waals surface area contributed by atoms with Crippen LogP contribution in [0.15, 0.2) is 12.5 Å². The predicted octanol–water partition coefficient (Wildman–Crippen LogP) is 2.45. The molecule has 0 N–H and O–H groups in total. The minimum Gasteiger partial charge on any atom is -0.334 e. The highest BCUT2D eigenvalue weighted by molar-refractivity contribution is 5.09. The van der Waals surface area contributed by atoms with E-state index in [9.17, 15) is 0 Å². The maximum Gasteiger partial charge on any atom is 0.0952 e. The number of aromatic nitrogens is 2. The van der Waals surface area contributed by atoms with Gasteiger partial charge in [-0.1, -0.05) is 20.8 Å². The Hall–Kier alpha value is -0.830. The Morgan fingerprint density at radius 1 is 1.25 bits per heavy atom. The van der Waals surface area contributed by atoms with Crippen molar-refractivity contribution in [3.63, 3.8) is 0 Å². The lowest BCUT2D eigenvalue weighted by atomic mass is 9.93. The number of likely N-dealkylation sites (tertiary alicyclic amines) is 1. The van der Waals surface area contributed by atoms with Gasteiger partial charge in [-0.15, -0.1) is 0 Å². The SMILES string of the molecule is CN1CCC(n2cnc(C(C)(C)C)c2)CC1. The molecule has 0 atom stereocenters. The van der Waals surface area contributed by atoms with Crippen LogP contribution in [0, 0.1) is 0 Å². The van der Waals surface area contributed by atoms with E-state index in [0.717, 1.165) is 0 Å². The van der Waals surface area contributed by atoms with Gasteiger partial charge in [0.05, 0.1) is 12.0 Å². The first kappa shape index (κ1) is 11.6. The minimum atomic E-state index is 0.163. The molecular weight excluding hydrogens is 198 g/mol. The normalized spacial score (nSPS) is 20.2. The van der Waals surface area contributed by atoms with Gasteiger partial charge in [0.2, 0.25) is 0 Å². The Morgan fingerprint density at radius 2 is 1.88 bits per heavy atom. The molecule has 2 heterocycles. The fourth-order valence-corrected chi connectivity index (χ4v) is 2.22. The first-order valence-electron chi connectivity index (χ1n) is 6.19. The number of hydrogen-bond donors (Lipinski definition) is 0. The van der Waals surface area contributed by atoms with Gasteiger partial charge < -0.3 is 9.47 Å². The van der Waals surface area contributed by atoms with Gasteiger partial charge in [0, 0.05) is 17.7 Å². The van der Waals surface area contributed by atoms with E-state index >= 15 is 0 Å². The number of rotatable bonds is 1. The molecule has 0 aliphatic carbocycles. The summed E-state index contributed by atoms with van der Waals surface area (Å²) in [5.74, 6) is 0. The molecule has 1 saturated heterocycles. The highest BCUT2D eigenvalue weighted by atomic mass is 15.1. The van der Waals surface area contributed by atoms with Crippen molar-refractivity contribution < 1.29 is 0 Å². The molecule has 3 heteroatoms. The standard InChI is InChI=1S/C13H23N3/c1-13(2,3)12-9-16(10-14-12)11-5-7-15(4)8-6-11/h9-11H,5-8H2,1-4H3. The van der Waals surface area contributed by atoms with Gasteiger partial charge in [-0.05, 0) is 33.0 Å². The van der Waals surface area contributed by atoms with Gasteiger partial charge in [0.25, 0.3) is 0 Å². The van der Waals surface area contributed by atoms with E-state index in [1.165, 1.54) is 31.6 Å². The summed E-state index contributed by atoms with van der Waals surface area (Å²) in [6.07, 6.45) is 6.74. The molecule has 0 unspecified atom stereocenters. The summed E-state index contributed by atoms with van der Waals surface area (Å²) in [6, 6.07) is 0.653. The van der Waals surface area contributed by atoms with Crippen molar-refractivity contribution in [2.45, 2.75) is 45.1 Å². The van der Waals surface area contributed by atoms with Crippen molar-refractivity contribution in [1.29, 1.82) is 0 Å². The van der Waals surface area contributed by atoms with Crippen LogP contribution in [-0.2, 0) is 5.41 Å². The zero-order chi connectivity index (χ0) is 11.8. The van der Waals surface area contributed by atoms with Crippen molar-refractivity contribution >= 4 is 0 Å². The number of piperidine rings is 1. The second-order valence-electron chi connectivity index (χ2n) is 5.99. The van der Waals surface area contributed by atoms with E-state index in [-0.39, 0.29) is 5.41 Å². The monoisotopic (exact) mass is 221 g/mol. The number of imidazole rings is 1. The molecule has 16 heavy (non-hydrogen) atoms. The Kier molecular flexibility index (Phi) is 3.06. The van der Waals surface area contributed by atoms with Crippen LogP contribution in [0.25, 0.3) is 0 Å². The summed E-state index contributed by atoms with van der Waals surface area (Å²) in [5.41, 5.74) is 1.36. The van der Waals surface area contributed by atoms with Crippen LogP contribution >= 0.6 is 0 Å². The van der Waals surface area contributed by atoms with Crippen molar-refractivity contribution in [1.82, 2.24) is 14.5 Å². The molecular formula is C13H23N3. The van der Waals surface area contributed by atoms with E-state index in [1.54, 1.807) is 0 Å². The first-order valence-corrected chi connectivity index (χ1v) is 6.19. The molecule has 0 spiro atoms. The fourth-order valence-electron chi connectivity index (χ4n) is 2.22. The van der Waals surface area contributed by atoms with Crippen LogP contribution in [0.2, 0.25) is 0 Å². The molecule has 1 aliphatic heterocycles. The lowest BCUT2D eigenvalue weighted by Gasteiger charge is -2.29. The molecule has 1 aliphatic rings. The maximum absolute atomic E-state index is 4.53. The molecule has 1 aromatic heterocycles. The number of nitrogens with zero attached hydrogens (tertiary/aromatic N) is 3. The zero-order valence-electron chi connectivity index (χ0n) is 10.9. The average molecular weight is 221 g/mol. The molecule has 0 amide bonds. The fraction of sp³-hybridized carbons (Fsp3) is 0.769. The Labute approximate surface area is 98.5 Å². The van der Waals surface area contributed by atoms with Crippen LogP contribution in [-0.4, -0.2) is 34.6 Å². The van der Waals surface area contributed by atoms with Crippen molar-refractivity contribution in [2.24, 2.45) is 0 Å². The summed E-state index contributed by atoms with van der Waals surface area (Å²) >= 11 is 0. The molecule has 1 fully saturated rings. The van der Waals surface area contributed by atoms with Gasteiger partial charge in [-0.2, -0.15) is 0 Å². The van der Waals surface area contributed by atoms with E-state index in [1.807, 2.05) is 6.33 Å². The van der Waals surface area contributed by atoms with Crippen LogP contribution < -0.4 is 0 Å². The lowest BCUT2D eigenvalue weighted by molar-refractivity contribution is 0.221. The molecule has 0 aromatic carbocycles. The Balaban J connectivity index is 2.08. The molecule has 3 nitrogen and oxygen atoms in total. The third-order valence-electron chi connectivity index (χ3n) is 3.48. The summed E-state index contributed by atoms with van der Waals surface area (Å²) in [6.45, 7) is 9.05. The topological polar surface area (TPSA) is 21.1 Å². The quantitative estimate of drug-likeness (QED) is 0.726. The minimum absolute atomic E-state index is 0.163. The summed E-state index contributed by atoms with van der Waals surface area (Å²) in [7, 11) is 2.20. The van der Waals surface area contributed by atoms with Gasteiger partial charge in [-0.3, -0.25) is 0 Å². The molecule has 2 rings (SSSR count). The summed E-state index contributed by atoms with van der Waals surface area (Å²) in [4.78, 5) is 6.93. The van der Waals surface area contributed by atoms with Crippen molar-refractivity contribution in [3.05, 3.63) is 18.2 Å². The number of hydrogen-bond acceptors (Lipinski definition) is 2. The second kappa shape index (κ2) is 4.21. The molecule has 0 bridgehead atoms. The van der Waals surface area contributed by atoms with Gasteiger partial charge in [-0.25, -0.2) is 4.98 Å². The van der Waals surface area contributed by atoms with Crippen LogP contribution in [0.3, 0.4) is 0 Å². The Morgan fingerprint density at radius 3 is 2.38 bits per heavy atom. The molecule has 0 radical (unpaired) electrons. The van der Waals surface area contributed by atoms with Gasteiger partial charge in [0.15, 0.2) is 0 Å². The lowest BCUT2D eigenvalue weighted by Crippen LogP contribution is -2.31. The first-order chi connectivity index (χ1) is 7.47. The molecule has 1 aromatic rings. The largest absolute Gasteiger partial charge is 0.334 e. The maximum atomic E-state index is 4.53. The van der Waals surface area contributed by atoms with Crippen molar-refractivity contribution in [2.75, 3.05) is 20.1 Å². The molecule has 0 saturated carbocycles. The summed E-state index contributed by atoms with van der Waals surface area (Å²) < 4.78 is 2.31. The third-order valence-corrected chi connectivity index (χ3v) is 3.48. The van der Waals surface area contributed by atoms with E-state index in [4.69, 9.17) is 0 Å². The second-order valence-corrected chi connectivity index (χ2v) is 5.99. The van der Waals surface area contributed by atoms with Crippen LogP contribution in [0.1, 0.15) is 45.3 Å². The van der Waals surface area contributed by atoms with Gasteiger partial charge in [0.1, 0.15) is 0 Å². The summed E-state index contributed by atoms with van der Waals surface area (Å²) in [5, 5.41) is 0. The van der Waals surface area contributed by atoms with Crippen molar-refractivity contribution in [3.8, 4) is 0 Å². The van der Waals surface area contributed by atoms with E-state index in [0.29, 0.717) is 6.04 Å². The highest BCUT2D eigenvalue weighted by Gasteiger charge is 2.21. The third kappa shape index (κ3) is 2.46. The van der Waals surface area contributed by atoms with Crippen LogP contribution in [0.4, 0.5) is 0 Å². The zero-order valence-corrected chi connectivity index (χ0v) is 10.9. The average Bonchev–Trinajstić information content (AvgIpc) is 2.67. The highest BCUT2D eigenvalue weighted by Crippen LogP contribution is 2.25. The Bertz CT molecular complexity index is 340. The predicted molar refractivity (Wildman–Crippen MR) is 66.7 cm³/mol.